The first-order chi connectivity index (χ1) is 14.0. The van der Waals surface area contributed by atoms with Crippen LogP contribution >= 0.6 is 0 Å². The first kappa shape index (κ1) is 19.4. The molecule has 8 nitrogen and oxygen atoms in total. The van der Waals surface area contributed by atoms with Crippen molar-refractivity contribution >= 4 is 5.91 Å². The third-order valence-electron chi connectivity index (χ3n) is 5.07. The molecule has 29 heavy (non-hydrogen) atoms. The second-order valence-electron chi connectivity index (χ2n) is 7.51. The van der Waals surface area contributed by atoms with E-state index in [0.717, 1.165) is 11.1 Å². The molecule has 0 aliphatic carbocycles. The molecule has 1 aliphatic heterocycles. The van der Waals surface area contributed by atoms with E-state index in [1.807, 2.05) is 62.7 Å². The van der Waals surface area contributed by atoms with E-state index < -0.39 is 0 Å². The molecule has 4 rings (SSSR count). The van der Waals surface area contributed by atoms with E-state index in [9.17, 15) is 4.79 Å². The number of benzene rings is 1. The molecule has 2 aromatic heterocycles. The molecular formula is C21H25N5O3. The van der Waals surface area contributed by atoms with Gasteiger partial charge in [-0.15, -0.1) is 0 Å². The van der Waals surface area contributed by atoms with Crippen molar-refractivity contribution in [3.8, 4) is 11.3 Å². The Labute approximate surface area is 169 Å². The molecule has 0 unspecified atom stereocenters. The molecule has 3 heterocycles. The quantitative estimate of drug-likeness (QED) is 0.659. The average molecular weight is 395 g/mol. The molecule has 1 fully saturated rings. The normalized spacial score (nSPS) is 19.7. The Morgan fingerprint density at radius 3 is 2.66 bits per heavy atom. The molecule has 3 aromatic rings. The second-order valence-corrected chi connectivity index (χ2v) is 7.51. The molecule has 0 spiro atoms. The maximum Gasteiger partial charge on any atom is 0.254 e. The van der Waals surface area contributed by atoms with E-state index >= 15 is 0 Å². The lowest BCUT2D eigenvalue weighted by Gasteiger charge is -2.41. The minimum absolute atomic E-state index is 0.0185. The van der Waals surface area contributed by atoms with Gasteiger partial charge in [0.1, 0.15) is 0 Å². The van der Waals surface area contributed by atoms with Gasteiger partial charge in [0.2, 0.25) is 0 Å². The van der Waals surface area contributed by atoms with Gasteiger partial charge in [0.15, 0.2) is 12.2 Å². The molecule has 2 atom stereocenters. The molecule has 1 amide bonds. The van der Waals surface area contributed by atoms with Crippen LogP contribution in [0, 0.1) is 0 Å². The Hall–Kier alpha value is -2.97. The summed E-state index contributed by atoms with van der Waals surface area (Å²) >= 11 is 0. The summed E-state index contributed by atoms with van der Waals surface area (Å²) < 4.78 is 13.1. The van der Waals surface area contributed by atoms with Gasteiger partial charge in [-0.2, -0.15) is 5.10 Å². The van der Waals surface area contributed by atoms with Crippen molar-refractivity contribution in [1.29, 1.82) is 0 Å². The van der Waals surface area contributed by atoms with Crippen molar-refractivity contribution in [2.45, 2.75) is 12.1 Å². The van der Waals surface area contributed by atoms with Crippen LogP contribution in [0.15, 0.2) is 53.7 Å². The maximum absolute atomic E-state index is 13.4. The molecule has 1 aromatic carbocycles. The highest BCUT2D eigenvalue weighted by Crippen LogP contribution is 2.31. The number of morpholine rings is 1. The number of rotatable bonds is 5. The molecule has 0 N–H and O–H groups in total. The first-order valence-electron chi connectivity index (χ1n) is 9.57. The lowest BCUT2D eigenvalue weighted by molar-refractivity contribution is -0.0684. The first-order valence-corrected chi connectivity index (χ1v) is 9.57. The predicted octanol–water partition coefficient (Wildman–Crippen LogP) is 2.22. The third-order valence-corrected chi connectivity index (χ3v) is 5.07. The fourth-order valence-electron chi connectivity index (χ4n) is 3.76. The van der Waals surface area contributed by atoms with Crippen LogP contribution < -0.4 is 0 Å². The topological polar surface area (TPSA) is 76.6 Å². The summed E-state index contributed by atoms with van der Waals surface area (Å²) in [5.41, 5.74) is 2.49. The van der Waals surface area contributed by atoms with Crippen molar-refractivity contribution in [3.05, 3.63) is 60.4 Å². The summed E-state index contributed by atoms with van der Waals surface area (Å²) in [5, 5.41) is 4.31. The Morgan fingerprint density at radius 1 is 1.24 bits per heavy atom. The van der Waals surface area contributed by atoms with Crippen LogP contribution in [0.3, 0.4) is 0 Å². The Balaban J connectivity index is 1.62. The van der Waals surface area contributed by atoms with Crippen molar-refractivity contribution in [3.63, 3.8) is 0 Å². The Kier molecular flexibility index (Phi) is 5.46. The Morgan fingerprint density at radius 2 is 2.03 bits per heavy atom. The van der Waals surface area contributed by atoms with Crippen molar-refractivity contribution in [2.75, 3.05) is 33.8 Å². The fraction of sp³-hybridized carbons (Fsp3) is 0.381. The lowest BCUT2D eigenvalue weighted by Crippen LogP contribution is -2.51. The zero-order chi connectivity index (χ0) is 20.4. The molecule has 1 aliphatic rings. The average Bonchev–Trinajstić information content (AvgIpc) is 3.39. The van der Waals surface area contributed by atoms with E-state index in [0.29, 0.717) is 31.0 Å². The van der Waals surface area contributed by atoms with Crippen molar-refractivity contribution in [1.82, 2.24) is 24.6 Å². The largest absolute Gasteiger partial charge is 0.444 e. The van der Waals surface area contributed by atoms with Crippen LogP contribution in [0.5, 0.6) is 0 Å². The van der Waals surface area contributed by atoms with Gasteiger partial charge in [-0.1, -0.05) is 12.1 Å². The van der Waals surface area contributed by atoms with Gasteiger partial charge in [-0.25, -0.2) is 4.98 Å². The minimum atomic E-state index is -0.193. The van der Waals surface area contributed by atoms with Crippen LogP contribution in [-0.4, -0.2) is 70.4 Å². The number of aryl methyl sites for hydroxylation is 1. The molecule has 0 bridgehead atoms. The number of amides is 1. The van der Waals surface area contributed by atoms with Crippen LogP contribution in [0.2, 0.25) is 0 Å². The fourth-order valence-corrected chi connectivity index (χ4v) is 3.76. The van der Waals surface area contributed by atoms with E-state index in [1.165, 1.54) is 6.39 Å². The molecule has 0 radical (unpaired) electrons. The van der Waals surface area contributed by atoms with Gasteiger partial charge in [0.05, 0.1) is 31.1 Å². The summed E-state index contributed by atoms with van der Waals surface area (Å²) in [6.45, 7) is 1.76. The number of nitrogens with zero attached hydrogens (tertiary/aromatic N) is 5. The summed E-state index contributed by atoms with van der Waals surface area (Å²) in [5.74, 6) is 0.657. The zero-order valence-electron chi connectivity index (χ0n) is 16.9. The number of carbonyl (C=O) groups excluding carboxylic acids is 1. The van der Waals surface area contributed by atoms with Gasteiger partial charge in [-0.3, -0.25) is 9.48 Å². The van der Waals surface area contributed by atoms with Gasteiger partial charge < -0.3 is 19.0 Å². The molecule has 8 heteroatoms. The highest BCUT2D eigenvalue weighted by molar-refractivity contribution is 5.95. The summed E-state index contributed by atoms with van der Waals surface area (Å²) in [7, 11) is 5.89. The van der Waals surface area contributed by atoms with Crippen molar-refractivity contribution in [2.24, 2.45) is 7.05 Å². The van der Waals surface area contributed by atoms with Crippen LogP contribution in [-0.2, 0) is 11.8 Å². The Bertz CT molecular complexity index is 949. The van der Waals surface area contributed by atoms with E-state index in [4.69, 9.17) is 9.15 Å². The number of ether oxygens (including phenoxy) is 1. The minimum Gasteiger partial charge on any atom is -0.444 e. The maximum atomic E-state index is 13.4. The number of carbonyl (C=O) groups is 1. The summed E-state index contributed by atoms with van der Waals surface area (Å²) in [6.07, 6.45) is 6.69. The monoisotopic (exact) mass is 395 g/mol. The highest BCUT2D eigenvalue weighted by Gasteiger charge is 2.37. The second kappa shape index (κ2) is 8.18. The lowest BCUT2D eigenvalue weighted by atomic mass is 9.99. The third kappa shape index (κ3) is 4.08. The van der Waals surface area contributed by atoms with Gasteiger partial charge in [0.25, 0.3) is 5.91 Å². The number of likely N-dealkylation sites (N-methyl/N-ethyl adjacent to an activating group) is 1. The zero-order valence-corrected chi connectivity index (χ0v) is 16.9. The van der Waals surface area contributed by atoms with Crippen LogP contribution in [0.4, 0.5) is 0 Å². The molecule has 0 saturated carbocycles. The van der Waals surface area contributed by atoms with E-state index in [1.54, 1.807) is 10.9 Å². The van der Waals surface area contributed by atoms with Gasteiger partial charge in [-0.05, 0) is 26.2 Å². The molecular weight excluding hydrogens is 370 g/mol. The van der Waals surface area contributed by atoms with Gasteiger partial charge >= 0.3 is 0 Å². The molecule has 152 valence electrons. The SMILES string of the molecule is CN(C)C[C@@H]1OCCN(C(=O)c2ccc(-c3cnco3)cc2)[C@H]1c1cnn(C)c1. The predicted molar refractivity (Wildman–Crippen MR) is 107 cm³/mol. The smallest absolute Gasteiger partial charge is 0.254 e. The molecule has 1 saturated heterocycles. The summed E-state index contributed by atoms with van der Waals surface area (Å²) in [4.78, 5) is 21.3. The van der Waals surface area contributed by atoms with E-state index in [2.05, 4.69) is 15.0 Å². The number of aromatic nitrogens is 3. The summed E-state index contributed by atoms with van der Waals surface area (Å²) in [6, 6.07) is 7.23. The van der Waals surface area contributed by atoms with Crippen LogP contribution in [0.25, 0.3) is 11.3 Å². The highest BCUT2D eigenvalue weighted by atomic mass is 16.5. The number of hydrogen-bond acceptors (Lipinski definition) is 6. The van der Waals surface area contributed by atoms with Gasteiger partial charge in [0, 0.05) is 43.0 Å². The van der Waals surface area contributed by atoms with E-state index in [-0.39, 0.29) is 18.1 Å². The van der Waals surface area contributed by atoms with Crippen LogP contribution in [0.1, 0.15) is 22.0 Å². The number of oxazole rings is 1. The number of hydrogen-bond donors (Lipinski definition) is 0. The standard InChI is InChI=1S/C21H25N5O3/c1-24(2)13-19-20(17-10-23-25(3)12-17)26(8-9-28-19)21(27)16-6-4-15(5-7-16)18-11-22-14-29-18/h4-7,10-12,14,19-20H,8-9,13H2,1-3H3/t19-,20-/m0/s1. The van der Waals surface area contributed by atoms with Crippen molar-refractivity contribution < 1.29 is 13.9 Å².